The van der Waals surface area contributed by atoms with Gasteiger partial charge in [-0.25, -0.2) is 0 Å². The Morgan fingerprint density at radius 3 is 2.80 bits per heavy atom. The van der Waals surface area contributed by atoms with E-state index in [9.17, 15) is 4.79 Å². The van der Waals surface area contributed by atoms with E-state index in [2.05, 4.69) is 10.2 Å². The first-order chi connectivity index (χ1) is 9.67. The molecule has 0 radical (unpaired) electrons. The normalized spacial score (nSPS) is 21.6. The maximum absolute atomic E-state index is 10.4. The average Bonchev–Trinajstić information content (AvgIpc) is 2.80. The summed E-state index contributed by atoms with van der Waals surface area (Å²) in [6.07, 6.45) is 5.65. The molecule has 6 heteroatoms. The third-order valence-electron chi connectivity index (χ3n) is 3.60. The van der Waals surface area contributed by atoms with Crippen LogP contribution >= 0.6 is 0 Å². The highest BCUT2D eigenvalue weighted by Crippen LogP contribution is 2.32. The van der Waals surface area contributed by atoms with Crippen molar-refractivity contribution in [3.63, 3.8) is 0 Å². The fraction of sp³-hybridized carbons (Fsp3) is 0.786. The predicted octanol–water partition coefficient (Wildman–Crippen LogP) is 2.22. The van der Waals surface area contributed by atoms with Gasteiger partial charge in [0, 0.05) is 25.9 Å². The van der Waals surface area contributed by atoms with E-state index in [0.29, 0.717) is 36.6 Å². The molecule has 1 aliphatic carbocycles. The smallest absolute Gasteiger partial charge is 0.303 e. The molecule has 0 bridgehead atoms. The molecule has 1 aromatic rings. The van der Waals surface area contributed by atoms with Gasteiger partial charge in [-0.2, -0.15) is 0 Å². The van der Waals surface area contributed by atoms with Crippen LogP contribution in [0.15, 0.2) is 4.42 Å². The quantitative estimate of drug-likeness (QED) is 0.699. The second-order valence-electron chi connectivity index (χ2n) is 5.31. The second kappa shape index (κ2) is 7.38. The van der Waals surface area contributed by atoms with Crippen LogP contribution in [0.5, 0.6) is 0 Å². The summed E-state index contributed by atoms with van der Waals surface area (Å²) >= 11 is 0. The van der Waals surface area contributed by atoms with Crippen molar-refractivity contribution in [3.8, 4) is 0 Å². The summed E-state index contributed by atoms with van der Waals surface area (Å²) in [5.41, 5.74) is 0. The Kier molecular flexibility index (Phi) is 5.52. The molecule has 2 rings (SSSR count). The summed E-state index contributed by atoms with van der Waals surface area (Å²) in [6, 6.07) is 0. The Morgan fingerprint density at radius 1 is 1.35 bits per heavy atom. The molecule has 0 aliphatic heterocycles. The molecule has 1 saturated carbocycles. The molecule has 20 heavy (non-hydrogen) atoms. The second-order valence-corrected chi connectivity index (χ2v) is 5.31. The number of aliphatic carboxylic acids is 1. The van der Waals surface area contributed by atoms with Gasteiger partial charge in [-0.3, -0.25) is 4.79 Å². The number of unbranched alkanes of at least 4 members (excludes halogenated alkanes) is 1. The third-order valence-corrected chi connectivity index (χ3v) is 3.60. The van der Waals surface area contributed by atoms with Crippen LogP contribution < -0.4 is 0 Å². The Bertz CT molecular complexity index is 427. The van der Waals surface area contributed by atoms with Gasteiger partial charge in [-0.05, 0) is 38.5 Å². The van der Waals surface area contributed by atoms with Gasteiger partial charge >= 0.3 is 5.97 Å². The summed E-state index contributed by atoms with van der Waals surface area (Å²) < 4.78 is 11.1. The number of carboxylic acid groups (broad SMARTS) is 1. The van der Waals surface area contributed by atoms with Crippen LogP contribution in [0.25, 0.3) is 0 Å². The highest BCUT2D eigenvalue weighted by Gasteiger charge is 2.30. The van der Waals surface area contributed by atoms with Crippen molar-refractivity contribution < 1.29 is 19.1 Å². The van der Waals surface area contributed by atoms with Gasteiger partial charge in [0.25, 0.3) is 0 Å². The minimum absolute atomic E-state index is 0.196. The van der Waals surface area contributed by atoms with E-state index >= 15 is 0 Å². The van der Waals surface area contributed by atoms with Crippen LogP contribution in [0, 0.1) is 5.92 Å². The molecule has 6 nitrogen and oxygen atoms in total. The molecular formula is C14H22N2O4. The number of ether oxygens (including phenoxy) is 1. The molecule has 1 fully saturated rings. The molecule has 1 heterocycles. The molecule has 0 unspecified atom stereocenters. The van der Waals surface area contributed by atoms with E-state index in [1.165, 1.54) is 0 Å². The summed E-state index contributed by atoms with van der Waals surface area (Å²) in [4.78, 5) is 10.4. The summed E-state index contributed by atoms with van der Waals surface area (Å²) in [5.74, 6) is 1.14. The Morgan fingerprint density at radius 2 is 2.10 bits per heavy atom. The van der Waals surface area contributed by atoms with Crippen LogP contribution in [0.1, 0.15) is 50.8 Å². The van der Waals surface area contributed by atoms with Crippen molar-refractivity contribution in [1.29, 1.82) is 0 Å². The van der Waals surface area contributed by atoms with Crippen molar-refractivity contribution in [3.05, 3.63) is 11.8 Å². The zero-order chi connectivity index (χ0) is 14.4. The van der Waals surface area contributed by atoms with Gasteiger partial charge < -0.3 is 14.3 Å². The lowest BCUT2D eigenvalue weighted by molar-refractivity contribution is -0.137. The molecule has 112 valence electrons. The summed E-state index contributed by atoms with van der Waals surface area (Å²) in [7, 11) is 0. The van der Waals surface area contributed by atoms with Gasteiger partial charge in [0.1, 0.15) is 0 Å². The highest BCUT2D eigenvalue weighted by molar-refractivity contribution is 5.66. The monoisotopic (exact) mass is 282 g/mol. The summed E-state index contributed by atoms with van der Waals surface area (Å²) in [5, 5.41) is 16.6. The standard InChI is InChI=1S/C14H22N2O4/c1-2-19-11-7-10(8-11)9-13-16-15-12(20-13)5-3-4-6-14(17)18/h10-11H,2-9H2,1H3,(H,17,18). The number of aromatic nitrogens is 2. The lowest BCUT2D eigenvalue weighted by Crippen LogP contribution is -2.32. The predicted molar refractivity (Wildman–Crippen MR) is 71.3 cm³/mol. The maximum Gasteiger partial charge on any atom is 0.303 e. The number of aryl methyl sites for hydroxylation is 1. The van der Waals surface area contributed by atoms with Crippen LogP contribution in [-0.4, -0.2) is 34.0 Å². The molecule has 1 aliphatic rings. The zero-order valence-corrected chi connectivity index (χ0v) is 11.9. The number of carboxylic acids is 1. The van der Waals surface area contributed by atoms with E-state index in [1.807, 2.05) is 6.92 Å². The van der Waals surface area contributed by atoms with E-state index in [4.69, 9.17) is 14.3 Å². The van der Waals surface area contributed by atoms with E-state index in [1.54, 1.807) is 0 Å². The number of hydrogen-bond acceptors (Lipinski definition) is 5. The van der Waals surface area contributed by atoms with E-state index in [-0.39, 0.29) is 6.42 Å². The Hall–Kier alpha value is -1.43. The summed E-state index contributed by atoms with van der Waals surface area (Å²) in [6.45, 7) is 2.79. The Balaban J connectivity index is 1.64. The fourth-order valence-electron chi connectivity index (χ4n) is 2.48. The van der Waals surface area contributed by atoms with Crippen molar-refractivity contribution in [2.24, 2.45) is 5.92 Å². The van der Waals surface area contributed by atoms with Gasteiger partial charge in [-0.1, -0.05) is 0 Å². The lowest BCUT2D eigenvalue weighted by atomic mass is 9.80. The first-order valence-corrected chi connectivity index (χ1v) is 7.32. The average molecular weight is 282 g/mol. The van der Waals surface area contributed by atoms with Gasteiger partial charge in [-0.15, -0.1) is 10.2 Å². The van der Waals surface area contributed by atoms with Crippen LogP contribution in [-0.2, 0) is 22.4 Å². The highest BCUT2D eigenvalue weighted by atomic mass is 16.5. The minimum atomic E-state index is -0.759. The zero-order valence-electron chi connectivity index (χ0n) is 11.9. The largest absolute Gasteiger partial charge is 0.481 e. The third kappa shape index (κ3) is 4.59. The molecule has 1 N–H and O–H groups in total. The first kappa shape index (κ1) is 15.0. The molecule has 0 atom stereocenters. The molecular weight excluding hydrogens is 260 g/mol. The van der Waals surface area contributed by atoms with E-state index in [0.717, 1.165) is 32.3 Å². The number of hydrogen-bond donors (Lipinski definition) is 1. The number of nitrogens with zero attached hydrogens (tertiary/aromatic N) is 2. The number of rotatable bonds is 9. The van der Waals surface area contributed by atoms with E-state index < -0.39 is 5.97 Å². The molecule has 0 aromatic carbocycles. The number of carbonyl (C=O) groups is 1. The maximum atomic E-state index is 10.4. The van der Waals surface area contributed by atoms with Crippen LogP contribution in [0.2, 0.25) is 0 Å². The lowest BCUT2D eigenvalue weighted by Gasteiger charge is -2.33. The van der Waals surface area contributed by atoms with Gasteiger partial charge in [0.15, 0.2) is 0 Å². The minimum Gasteiger partial charge on any atom is -0.481 e. The molecule has 0 saturated heterocycles. The van der Waals surface area contributed by atoms with Crippen molar-refractivity contribution in [2.45, 2.75) is 58.0 Å². The topological polar surface area (TPSA) is 85.5 Å². The van der Waals surface area contributed by atoms with Gasteiger partial charge in [0.2, 0.25) is 11.8 Å². The SMILES string of the molecule is CCOC1CC(Cc2nnc(CCCCC(=O)O)o2)C1. The first-order valence-electron chi connectivity index (χ1n) is 7.32. The van der Waals surface area contributed by atoms with Crippen molar-refractivity contribution in [2.75, 3.05) is 6.61 Å². The molecule has 0 spiro atoms. The molecule has 0 amide bonds. The van der Waals surface area contributed by atoms with Crippen LogP contribution in [0.3, 0.4) is 0 Å². The van der Waals surface area contributed by atoms with Crippen molar-refractivity contribution >= 4 is 5.97 Å². The molecule has 1 aromatic heterocycles. The Labute approximate surface area is 118 Å². The van der Waals surface area contributed by atoms with Gasteiger partial charge in [0.05, 0.1) is 6.10 Å². The van der Waals surface area contributed by atoms with Crippen molar-refractivity contribution in [1.82, 2.24) is 10.2 Å². The fourth-order valence-corrected chi connectivity index (χ4v) is 2.48. The van der Waals surface area contributed by atoms with Crippen LogP contribution in [0.4, 0.5) is 0 Å².